The Labute approximate surface area is 107 Å². The third kappa shape index (κ3) is 1.86. The molecule has 1 heterocycles. The predicted octanol–water partition coefficient (Wildman–Crippen LogP) is 3.30. The summed E-state index contributed by atoms with van der Waals surface area (Å²) in [7, 11) is 0. The molecule has 1 aromatic heterocycles. The first-order valence-corrected chi connectivity index (χ1v) is 6.45. The zero-order chi connectivity index (χ0) is 12.5. The monoisotopic (exact) mass is 239 g/mol. The van der Waals surface area contributed by atoms with Gasteiger partial charge in [-0.15, -0.1) is 0 Å². The molecule has 0 bridgehead atoms. The summed E-state index contributed by atoms with van der Waals surface area (Å²) in [5.74, 6) is 2.05. The molecule has 0 unspecified atom stereocenters. The van der Waals surface area contributed by atoms with Gasteiger partial charge in [-0.25, -0.2) is 9.97 Å². The fourth-order valence-electron chi connectivity index (χ4n) is 2.28. The maximum Gasteiger partial charge on any atom is 0.134 e. The summed E-state index contributed by atoms with van der Waals surface area (Å²) >= 11 is 0. The standard InChI is InChI=1S/C15H17N3/c1-10-13(11-6-3-2-4-7-11)17-15(18-14(10)16)12-8-5-9-12/h2-4,6-7,12H,5,8-9H2,1H3,(H2,16,17,18). The molecule has 3 heteroatoms. The normalized spacial score (nSPS) is 15.4. The van der Waals surface area contributed by atoms with Gasteiger partial charge < -0.3 is 5.73 Å². The van der Waals surface area contributed by atoms with Gasteiger partial charge in [-0.1, -0.05) is 36.8 Å². The van der Waals surface area contributed by atoms with E-state index in [2.05, 4.69) is 17.1 Å². The van der Waals surface area contributed by atoms with E-state index in [-0.39, 0.29) is 0 Å². The molecule has 1 fully saturated rings. The number of aromatic nitrogens is 2. The van der Waals surface area contributed by atoms with Crippen LogP contribution in [-0.4, -0.2) is 9.97 Å². The van der Waals surface area contributed by atoms with Gasteiger partial charge in [0.05, 0.1) is 5.69 Å². The molecule has 0 amide bonds. The summed E-state index contributed by atoms with van der Waals surface area (Å²) in [5, 5.41) is 0. The topological polar surface area (TPSA) is 51.8 Å². The molecule has 1 saturated carbocycles. The molecule has 1 aromatic carbocycles. The molecule has 0 radical (unpaired) electrons. The van der Waals surface area contributed by atoms with E-state index in [1.165, 1.54) is 19.3 Å². The van der Waals surface area contributed by atoms with Crippen molar-refractivity contribution >= 4 is 5.82 Å². The Bertz CT molecular complexity index is 559. The first-order chi connectivity index (χ1) is 8.75. The third-order valence-electron chi connectivity index (χ3n) is 3.72. The average Bonchev–Trinajstić information content (AvgIpc) is 2.32. The van der Waals surface area contributed by atoms with E-state index in [4.69, 9.17) is 10.7 Å². The second kappa shape index (κ2) is 4.41. The lowest BCUT2D eigenvalue weighted by molar-refractivity contribution is 0.402. The lowest BCUT2D eigenvalue weighted by Crippen LogP contribution is -2.15. The number of anilines is 1. The van der Waals surface area contributed by atoms with E-state index >= 15 is 0 Å². The Balaban J connectivity index is 2.10. The quantitative estimate of drug-likeness (QED) is 0.874. The van der Waals surface area contributed by atoms with Gasteiger partial charge in [0, 0.05) is 17.0 Å². The highest BCUT2D eigenvalue weighted by Gasteiger charge is 2.24. The predicted molar refractivity (Wildman–Crippen MR) is 73.2 cm³/mol. The molecular weight excluding hydrogens is 222 g/mol. The Morgan fingerprint density at radius 2 is 1.83 bits per heavy atom. The molecule has 0 atom stereocenters. The first-order valence-electron chi connectivity index (χ1n) is 6.45. The van der Waals surface area contributed by atoms with Gasteiger partial charge in [-0.05, 0) is 19.8 Å². The summed E-state index contributed by atoms with van der Waals surface area (Å²) in [6.45, 7) is 1.99. The summed E-state index contributed by atoms with van der Waals surface area (Å²) in [6.07, 6.45) is 3.66. The van der Waals surface area contributed by atoms with Crippen LogP contribution in [0, 0.1) is 6.92 Å². The fraction of sp³-hybridized carbons (Fsp3) is 0.333. The SMILES string of the molecule is Cc1c(N)nc(C2CCC2)nc1-c1ccccc1. The minimum atomic E-state index is 0.510. The minimum Gasteiger partial charge on any atom is -0.383 e. The van der Waals surface area contributed by atoms with Gasteiger partial charge in [0.25, 0.3) is 0 Å². The van der Waals surface area contributed by atoms with E-state index in [9.17, 15) is 0 Å². The van der Waals surface area contributed by atoms with Gasteiger partial charge in [-0.2, -0.15) is 0 Å². The smallest absolute Gasteiger partial charge is 0.134 e. The Morgan fingerprint density at radius 3 is 2.44 bits per heavy atom. The minimum absolute atomic E-state index is 0.510. The highest BCUT2D eigenvalue weighted by atomic mass is 15.0. The number of hydrogen-bond donors (Lipinski definition) is 1. The lowest BCUT2D eigenvalue weighted by atomic mass is 9.84. The molecule has 18 heavy (non-hydrogen) atoms. The van der Waals surface area contributed by atoms with Crippen molar-refractivity contribution in [2.45, 2.75) is 32.1 Å². The van der Waals surface area contributed by atoms with Crippen molar-refractivity contribution in [2.24, 2.45) is 0 Å². The molecule has 3 rings (SSSR count). The van der Waals surface area contributed by atoms with Gasteiger partial charge in [0.2, 0.25) is 0 Å². The van der Waals surface area contributed by atoms with E-state index < -0.39 is 0 Å². The number of benzene rings is 1. The Morgan fingerprint density at radius 1 is 1.11 bits per heavy atom. The van der Waals surface area contributed by atoms with E-state index in [0.717, 1.165) is 22.6 Å². The summed E-state index contributed by atoms with van der Waals surface area (Å²) in [4.78, 5) is 9.18. The van der Waals surface area contributed by atoms with Crippen molar-refractivity contribution in [3.63, 3.8) is 0 Å². The zero-order valence-electron chi connectivity index (χ0n) is 10.6. The molecule has 92 valence electrons. The van der Waals surface area contributed by atoms with Crippen LogP contribution in [0.25, 0.3) is 11.3 Å². The van der Waals surface area contributed by atoms with E-state index in [1.54, 1.807) is 0 Å². The van der Waals surface area contributed by atoms with Crippen molar-refractivity contribution in [1.29, 1.82) is 0 Å². The van der Waals surface area contributed by atoms with Crippen LogP contribution in [0.2, 0.25) is 0 Å². The lowest BCUT2D eigenvalue weighted by Gasteiger charge is -2.24. The molecule has 2 N–H and O–H groups in total. The number of rotatable bonds is 2. The van der Waals surface area contributed by atoms with E-state index in [1.807, 2.05) is 25.1 Å². The maximum absolute atomic E-state index is 6.02. The highest BCUT2D eigenvalue weighted by molar-refractivity contribution is 5.67. The molecule has 0 spiro atoms. The average molecular weight is 239 g/mol. The van der Waals surface area contributed by atoms with Crippen LogP contribution in [0.1, 0.15) is 36.6 Å². The van der Waals surface area contributed by atoms with Crippen LogP contribution in [0.15, 0.2) is 30.3 Å². The van der Waals surface area contributed by atoms with E-state index in [0.29, 0.717) is 11.7 Å². The second-order valence-electron chi connectivity index (χ2n) is 4.93. The summed E-state index contributed by atoms with van der Waals surface area (Å²) in [5.41, 5.74) is 9.09. The first kappa shape index (κ1) is 11.2. The largest absolute Gasteiger partial charge is 0.383 e. The molecule has 1 aliphatic rings. The van der Waals surface area contributed by atoms with Crippen LogP contribution >= 0.6 is 0 Å². The molecule has 3 nitrogen and oxygen atoms in total. The van der Waals surface area contributed by atoms with Crippen molar-refractivity contribution in [1.82, 2.24) is 9.97 Å². The van der Waals surface area contributed by atoms with Crippen LogP contribution < -0.4 is 5.73 Å². The van der Waals surface area contributed by atoms with Crippen molar-refractivity contribution < 1.29 is 0 Å². The van der Waals surface area contributed by atoms with Crippen molar-refractivity contribution in [3.8, 4) is 11.3 Å². The van der Waals surface area contributed by atoms with Crippen LogP contribution in [0.4, 0.5) is 5.82 Å². The van der Waals surface area contributed by atoms with Crippen molar-refractivity contribution in [2.75, 3.05) is 5.73 Å². The molecule has 2 aromatic rings. The highest BCUT2D eigenvalue weighted by Crippen LogP contribution is 2.36. The van der Waals surface area contributed by atoms with Crippen molar-refractivity contribution in [3.05, 3.63) is 41.7 Å². The summed E-state index contributed by atoms with van der Waals surface area (Å²) in [6, 6.07) is 10.2. The fourth-order valence-corrected chi connectivity index (χ4v) is 2.28. The molecule has 0 aliphatic heterocycles. The Kier molecular flexibility index (Phi) is 2.74. The molecule has 0 saturated heterocycles. The van der Waals surface area contributed by atoms with Gasteiger partial charge in [-0.3, -0.25) is 0 Å². The zero-order valence-corrected chi connectivity index (χ0v) is 10.6. The number of nitrogens with zero attached hydrogens (tertiary/aromatic N) is 2. The van der Waals surface area contributed by atoms with Crippen LogP contribution in [0.3, 0.4) is 0 Å². The molecule has 1 aliphatic carbocycles. The van der Waals surface area contributed by atoms with Gasteiger partial charge in [0.1, 0.15) is 11.6 Å². The second-order valence-corrected chi connectivity index (χ2v) is 4.93. The number of nitrogen functional groups attached to an aromatic ring is 1. The third-order valence-corrected chi connectivity index (χ3v) is 3.72. The van der Waals surface area contributed by atoms with Gasteiger partial charge in [0.15, 0.2) is 0 Å². The van der Waals surface area contributed by atoms with Crippen LogP contribution in [0.5, 0.6) is 0 Å². The Hall–Kier alpha value is -1.90. The molecular formula is C15H17N3. The number of hydrogen-bond acceptors (Lipinski definition) is 3. The maximum atomic E-state index is 6.02. The van der Waals surface area contributed by atoms with Gasteiger partial charge >= 0.3 is 0 Å². The summed E-state index contributed by atoms with van der Waals surface area (Å²) < 4.78 is 0. The van der Waals surface area contributed by atoms with Crippen LogP contribution in [-0.2, 0) is 0 Å². The number of nitrogens with two attached hydrogens (primary N) is 1.